The van der Waals surface area contributed by atoms with Crippen LogP contribution in [-0.4, -0.2) is 127 Å². The van der Waals surface area contributed by atoms with E-state index in [0.29, 0.717) is 38.5 Å². The van der Waals surface area contributed by atoms with Crippen LogP contribution in [0.5, 0.6) is 0 Å². The quantitative estimate of drug-likeness (QED) is 0.0404. The van der Waals surface area contributed by atoms with E-state index in [-0.39, 0.29) is 76.7 Å². The number of methoxy groups -OCH3 is 2. The van der Waals surface area contributed by atoms with E-state index in [4.69, 9.17) is 28.4 Å². The smallest absolute Gasteiger partial charge is 0.407 e. The van der Waals surface area contributed by atoms with Crippen molar-refractivity contribution in [3.05, 3.63) is 24.3 Å². The molecule has 0 aliphatic carbocycles. The number of nitrogens with one attached hydrogen (secondary N) is 4. The van der Waals surface area contributed by atoms with Crippen molar-refractivity contribution in [1.29, 1.82) is 0 Å². The highest BCUT2D eigenvalue weighted by molar-refractivity contribution is 5.87. The summed E-state index contributed by atoms with van der Waals surface area (Å²) >= 11 is 0. The molecule has 0 saturated heterocycles. The van der Waals surface area contributed by atoms with Crippen molar-refractivity contribution in [3.8, 4) is 0 Å². The van der Waals surface area contributed by atoms with Crippen LogP contribution < -0.4 is 21.3 Å². The average molecular weight is 775 g/mol. The molecule has 0 fully saturated rings. The van der Waals surface area contributed by atoms with Crippen molar-refractivity contribution < 1.29 is 76.3 Å². The van der Waals surface area contributed by atoms with E-state index in [1.165, 1.54) is 13.8 Å². The van der Waals surface area contributed by atoms with E-state index in [1.807, 2.05) is 0 Å². The Hall–Kier alpha value is -5.56. The molecule has 0 aromatic carbocycles. The molecule has 4 amide bonds. The number of amides is 4. The summed E-state index contributed by atoms with van der Waals surface area (Å²) in [7, 11) is 2.29. The van der Waals surface area contributed by atoms with Gasteiger partial charge in [0.2, 0.25) is 0 Å². The standard InChI is InChI=1S/C34H54N4O16/c1-23(2)27(39)49-19-21-51-29(41)25(37-33(45)47-5)13-7-9-15-35-31(43)53-17-11-12-18-54-32(44)36-16-10-8-14-26(38-34(46)48-6)30(42)52-22-20-50-28(40)24(3)4/h25-26H,1,3,7-22H2,2,4-6H3,(H,35,43)(H,36,44)(H,37,45)(H,38,46). The van der Waals surface area contributed by atoms with Crippen LogP contribution in [0, 0.1) is 0 Å². The number of unbranched alkanes of at least 4 members (excludes halogenated alkanes) is 3. The molecule has 0 aliphatic heterocycles. The van der Waals surface area contributed by atoms with Gasteiger partial charge in [0.15, 0.2) is 0 Å². The predicted octanol–water partition coefficient (Wildman–Crippen LogP) is 2.33. The molecule has 4 N–H and O–H groups in total. The van der Waals surface area contributed by atoms with Gasteiger partial charge in [0, 0.05) is 24.2 Å². The summed E-state index contributed by atoms with van der Waals surface area (Å²) in [6.07, 6.45) is 0.0353. The zero-order valence-corrected chi connectivity index (χ0v) is 31.4. The van der Waals surface area contributed by atoms with E-state index >= 15 is 0 Å². The van der Waals surface area contributed by atoms with Crippen molar-refractivity contribution in [2.75, 3.05) is 67.0 Å². The van der Waals surface area contributed by atoms with E-state index in [0.717, 1.165) is 14.2 Å². The Balaban J connectivity index is 4.14. The molecule has 0 aromatic rings. The Morgan fingerprint density at radius 1 is 0.463 bits per heavy atom. The second-order valence-electron chi connectivity index (χ2n) is 11.4. The fourth-order valence-electron chi connectivity index (χ4n) is 3.86. The largest absolute Gasteiger partial charge is 0.461 e. The van der Waals surface area contributed by atoms with E-state index < -0.39 is 60.3 Å². The first-order valence-corrected chi connectivity index (χ1v) is 17.2. The first kappa shape index (κ1) is 48.4. The summed E-state index contributed by atoms with van der Waals surface area (Å²) in [6, 6.07) is -2.03. The van der Waals surface area contributed by atoms with Gasteiger partial charge >= 0.3 is 48.3 Å². The van der Waals surface area contributed by atoms with E-state index in [9.17, 15) is 38.4 Å². The van der Waals surface area contributed by atoms with Gasteiger partial charge in [-0.3, -0.25) is 0 Å². The Morgan fingerprint density at radius 3 is 1.15 bits per heavy atom. The molecule has 2 atom stereocenters. The fraction of sp³-hybridized carbons (Fsp3) is 0.647. The van der Waals surface area contributed by atoms with Crippen LogP contribution in [0.4, 0.5) is 19.2 Å². The van der Waals surface area contributed by atoms with Crippen LogP contribution >= 0.6 is 0 Å². The van der Waals surface area contributed by atoms with Gasteiger partial charge < -0.3 is 59.2 Å². The fourth-order valence-corrected chi connectivity index (χ4v) is 3.86. The van der Waals surface area contributed by atoms with Crippen molar-refractivity contribution >= 4 is 48.3 Å². The average Bonchev–Trinajstić information content (AvgIpc) is 3.14. The maximum absolute atomic E-state index is 12.4. The first-order valence-electron chi connectivity index (χ1n) is 17.2. The van der Waals surface area contributed by atoms with Gasteiger partial charge in [-0.05, 0) is 65.2 Å². The molecule has 306 valence electrons. The maximum Gasteiger partial charge on any atom is 0.407 e. The second-order valence-corrected chi connectivity index (χ2v) is 11.4. The lowest BCUT2D eigenvalue weighted by atomic mass is 10.1. The highest BCUT2D eigenvalue weighted by atomic mass is 16.6. The molecule has 0 saturated carbocycles. The Labute approximate surface area is 314 Å². The number of ether oxygens (including phenoxy) is 8. The zero-order chi connectivity index (χ0) is 40.7. The molecule has 2 unspecified atom stereocenters. The van der Waals surface area contributed by atoms with Crippen molar-refractivity contribution in [2.24, 2.45) is 0 Å². The number of carbonyl (C=O) groups excluding carboxylic acids is 8. The minimum atomic E-state index is -1.02. The molecule has 20 heteroatoms. The molecular formula is C34H54N4O16. The SMILES string of the molecule is C=C(C)C(=O)OCCOC(=O)C(CCCCNC(=O)OCCCCOC(=O)NCCCCC(NC(=O)OC)C(=O)OCCOC(=O)C(=C)C)NC(=O)OC. The molecule has 0 spiro atoms. The Kier molecular flexibility index (Phi) is 26.9. The maximum atomic E-state index is 12.4. The number of carbonyl (C=O) groups is 8. The second kappa shape index (κ2) is 30.0. The molecule has 0 rings (SSSR count). The molecule has 0 heterocycles. The molecule has 0 bridgehead atoms. The topological polar surface area (TPSA) is 259 Å². The summed E-state index contributed by atoms with van der Waals surface area (Å²) in [5.41, 5.74) is 0.401. The van der Waals surface area contributed by atoms with Crippen LogP contribution in [0.1, 0.15) is 65.2 Å². The minimum absolute atomic E-state index is 0.0817. The lowest BCUT2D eigenvalue weighted by Gasteiger charge is -2.17. The van der Waals surface area contributed by atoms with Crippen molar-refractivity contribution in [2.45, 2.75) is 77.3 Å². The molecule has 0 aromatic heterocycles. The molecule has 54 heavy (non-hydrogen) atoms. The number of rotatable bonds is 27. The minimum Gasteiger partial charge on any atom is -0.461 e. The van der Waals surface area contributed by atoms with Gasteiger partial charge in [-0.25, -0.2) is 38.4 Å². The highest BCUT2D eigenvalue weighted by Crippen LogP contribution is 2.06. The third-order valence-electron chi connectivity index (χ3n) is 6.73. The van der Waals surface area contributed by atoms with E-state index in [2.05, 4.69) is 43.9 Å². The van der Waals surface area contributed by atoms with Gasteiger partial charge in [-0.15, -0.1) is 0 Å². The van der Waals surface area contributed by atoms with Crippen LogP contribution in [0.25, 0.3) is 0 Å². The highest BCUT2D eigenvalue weighted by Gasteiger charge is 2.24. The number of alkyl carbamates (subject to hydrolysis) is 4. The van der Waals surface area contributed by atoms with Crippen LogP contribution in [-0.2, 0) is 57.1 Å². The summed E-state index contributed by atoms with van der Waals surface area (Å²) in [5.74, 6) is -2.72. The van der Waals surface area contributed by atoms with Gasteiger partial charge in [0.05, 0.1) is 27.4 Å². The Morgan fingerprint density at radius 2 is 0.815 bits per heavy atom. The monoisotopic (exact) mass is 774 g/mol. The third-order valence-corrected chi connectivity index (χ3v) is 6.73. The molecule has 20 nitrogen and oxygen atoms in total. The third kappa shape index (κ3) is 25.4. The van der Waals surface area contributed by atoms with E-state index in [1.54, 1.807) is 0 Å². The van der Waals surface area contributed by atoms with Gasteiger partial charge in [-0.1, -0.05) is 13.2 Å². The normalized spacial score (nSPS) is 11.3. The van der Waals surface area contributed by atoms with Crippen molar-refractivity contribution in [3.63, 3.8) is 0 Å². The summed E-state index contributed by atoms with van der Waals surface area (Å²) < 4.78 is 39.1. The summed E-state index contributed by atoms with van der Waals surface area (Å²) in [6.45, 7) is 9.70. The van der Waals surface area contributed by atoms with Crippen molar-refractivity contribution in [1.82, 2.24) is 21.3 Å². The zero-order valence-electron chi connectivity index (χ0n) is 31.4. The molecule has 0 aliphatic rings. The van der Waals surface area contributed by atoms with Gasteiger partial charge in [0.25, 0.3) is 0 Å². The summed E-state index contributed by atoms with van der Waals surface area (Å²) in [5, 5.41) is 9.91. The predicted molar refractivity (Wildman–Crippen MR) is 188 cm³/mol. The Bertz CT molecular complexity index is 1160. The van der Waals surface area contributed by atoms with Gasteiger partial charge in [-0.2, -0.15) is 0 Å². The number of esters is 4. The lowest BCUT2D eigenvalue weighted by Crippen LogP contribution is -2.42. The summed E-state index contributed by atoms with van der Waals surface area (Å²) in [4.78, 5) is 94.7. The number of hydrogen-bond acceptors (Lipinski definition) is 16. The number of hydrogen-bond donors (Lipinski definition) is 4. The van der Waals surface area contributed by atoms with Crippen LogP contribution in [0.2, 0.25) is 0 Å². The van der Waals surface area contributed by atoms with Crippen LogP contribution in [0.3, 0.4) is 0 Å². The van der Waals surface area contributed by atoms with Crippen LogP contribution in [0.15, 0.2) is 24.3 Å². The molecule has 0 radical (unpaired) electrons. The lowest BCUT2D eigenvalue weighted by molar-refractivity contribution is -0.151. The van der Waals surface area contributed by atoms with Gasteiger partial charge in [0.1, 0.15) is 38.5 Å². The molecular weight excluding hydrogens is 720 g/mol. The first-order chi connectivity index (χ1) is 25.7.